The monoisotopic (exact) mass is 328 g/mol. The minimum Gasteiger partial charge on any atom is -0.496 e. The summed E-state index contributed by atoms with van der Waals surface area (Å²) in [5.41, 5.74) is 0.628. The highest BCUT2D eigenvalue weighted by Gasteiger charge is 2.43. The number of hydrogen-bond donors (Lipinski definition) is 1. The molecule has 0 fully saturated rings. The predicted molar refractivity (Wildman–Crippen MR) is 80.5 cm³/mol. The molecule has 1 aliphatic carbocycles. The van der Waals surface area contributed by atoms with E-state index in [1.54, 1.807) is 12.3 Å². The van der Waals surface area contributed by atoms with Crippen molar-refractivity contribution in [2.24, 2.45) is 0 Å². The third-order valence-electron chi connectivity index (χ3n) is 4.78. The molecule has 0 bridgehead atoms. The van der Waals surface area contributed by atoms with Gasteiger partial charge in [-0.05, 0) is 11.6 Å². The highest BCUT2D eigenvalue weighted by Crippen LogP contribution is 2.50. The van der Waals surface area contributed by atoms with Crippen LogP contribution in [-0.2, 0) is 11.2 Å². The van der Waals surface area contributed by atoms with E-state index in [-0.39, 0.29) is 17.9 Å². The van der Waals surface area contributed by atoms with Gasteiger partial charge in [0.2, 0.25) is 0 Å². The molecule has 1 aromatic carbocycles. The van der Waals surface area contributed by atoms with Crippen LogP contribution in [0, 0.1) is 0 Å². The van der Waals surface area contributed by atoms with Crippen LogP contribution in [0.15, 0.2) is 27.6 Å². The molecule has 1 aromatic heterocycles. The first-order chi connectivity index (χ1) is 11.6. The second-order valence-electron chi connectivity index (χ2n) is 6.00. The maximum absolute atomic E-state index is 12.3. The van der Waals surface area contributed by atoms with E-state index in [4.69, 9.17) is 18.6 Å². The van der Waals surface area contributed by atoms with Gasteiger partial charge in [0, 0.05) is 12.5 Å². The molecular weight excluding hydrogens is 316 g/mol. The molecule has 122 valence electrons. The van der Waals surface area contributed by atoms with E-state index in [2.05, 4.69) is 0 Å². The maximum Gasteiger partial charge on any atom is 0.347 e. The van der Waals surface area contributed by atoms with Crippen LogP contribution < -0.4 is 15.1 Å². The molecule has 0 saturated heterocycles. The van der Waals surface area contributed by atoms with Crippen LogP contribution in [0.2, 0.25) is 0 Å². The third-order valence-corrected chi connectivity index (χ3v) is 4.78. The molecular formula is C17H12O7. The summed E-state index contributed by atoms with van der Waals surface area (Å²) in [6.07, 6.45) is 1.71. The van der Waals surface area contributed by atoms with Gasteiger partial charge >= 0.3 is 5.63 Å². The fraction of sp³-hybridized carbons (Fsp3) is 0.294. The Bertz CT molecular complexity index is 1000. The molecule has 0 saturated carbocycles. The van der Waals surface area contributed by atoms with Gasteiger partial charge in [0.1, 0.15) is 28.7 Å². The number of rotatable bonds is 1. The van der Waals surface area contributed by atoms with E-state index in [0.29, 0.717) is 33.6 Å². The minimum atomic E-state index is -1.23. The molecule has 3 atom stereocenters. The summed E-state index contributed by atoms with van der Waals surface area (Å²) in [6, 6.07) is 1.70. The zero-order chi connectivity index (χ0) is 16.6. The predicted octanol–water partition coefficient (Wildman–Crippen LogP) is 1.25. The second kappa shape index (κ2) is 4.39. The number of methoxy groups -OCH3 is 1. The summed E-state index contributed by atoms with van der Waals surface area (Å²) in [5.74, 6) is 0.138. The van der Waals surface area contributed by atoms with Crippen LogP contribution in [0.3, 0.4) is 0 Å². The van der Waals surface area contributed by atoms with Crippen molar-refractivity contribution < 1.29 is 28.5 Å². The Kier molecular flexibility index (Phi) is 2.49. The Morgan fingerprint density at radius 2 is 2.17 bits per heavy atom. The van der Waals surface area contributed by atoms with E-state index >= 15 is 0 Å². The third kappa shape index (κ3) is 1.50. The van der Waals surface area contributed by atoms with E-state index < -0.39 is 23.8 Å². The number of fused-ring (bicyclic) bond motifs is 7. The first kappa shape index (κ1) is 13.6. The Morgan fingerprint density at radius 3 is 2.96 bits per heavy atom. The van der Waals surface area contributed by atoms with E-state index in [9.17, 15) is 14.7 Å². The normalized spacial score (nSPS) is 26.1. The topological polar surface area (TPSA) is 95.2 Å². The molecule has 0 radical (unpaired) electrons. The van der Waals surface area contributed by atoms with Crippen molar-refractivity contribution in [1.29, 1.82) is 0 Å². The van der Waals surface area contributed by atoms with Crippen molar-refractivity contribution in [1.82, 2.24) is 0 Å². The first-order valence-electron chi connectivity index (χ1n) is 7.51. The average molecular weight is 328 g/mol. The molecule has 5 rings (SSSR count). The summed E-state index contributed by atoms with van der Waals surface area (Å²) in [6.45, 7) is 0. The highest BCUT2D eigenvalue weighted by atomic mass is 16.7. The number of Topliss-reactive ketones (excluding diaryl/α,β-unsaturated/α-hetero) is 1. The summed E-state index contributed by atoms with van der Waals surface area (Å²) in [5, 5.41) is 10.4. The zero-order valence-electron chi connectivity index (χ0n) is 12.6. The molecule has 24 heavy (non-hydrogen) atoms. The van der Waals surface area contributed by atoms with Crippen molar-refractivity contribution in [3.8, 4) is 11.5 Å². The van der Waals surface area contributed by atoms with Crippen molar-refractivity contribution in [3.05, 3.63) is 45.5 Å². The first-order valence-corrected chi connectivity index (χ1v) is 7.51. The zero-order valence-corrected chi connectivity index (χ0v) is 12.6. The Morgan fingerprint density at radius 1 is 1.33 bits per heavy atom. The maximum atomic E-state index is 12.3. The number of ether oxygens (including phenoxy) is 3. The van der Waals surface area contributed by atoms with Crippen LogP contribution in [-0.4, -0.2) is 30.4 Å². The summed E-state index contributed by atoms with van der Waals surface area (Å²) < 4.78 is 22.0. The smallest absolute Gasteiger partial charge is 0.347 e. The summed E-state index contributed by atoms with van der Waals surface area (Å²) in [7, 11) is 1.48. The van der Waals surface area contributed by atoms with E-state index in [1.165, 1.54) is 7.11 Å². The van der Waals surface area contributed by atoms with Crippen LogP contribution >= 0.6 is 0 Å². The fourth-order valence-electron chi connectivity index (χ4n) is 3.73. The molecule has 0 amide bonds. The van der Waals surface area contributed by atoms with Gasteiger partial charge in [-0.25, -0.2) is 4.79 Å². The lowest BCUT2D eigenvalue weighted by atomic mass is 9.95. The number of ketones is 1. The van der Waals surface area contributed by atoms with Gasteiger partial charge in [0.15, 0.2) is 5.78 Å². The molecule has 2 aromatic rings. The van der Waals surface area contributed by atoms with Crippen LogP contribution in [0.25, 0.3) is 11.0 Å². The summed E-state index contributed by atoms with van der Waals surface area (Å²) in [4.78, 5) is 24.4. The van der Waals surface area contributed by atoms with Crippen LogP contribution in [0.1, 0.15) is 27.4 Å². The SMILES string of the molecule is COc1cc2c(c3oc(=O)c4c(c13)C[C@H](O)C4=O)[C@@H]1C=CO[C@@H]1O2. The summed E-state index contributed by atoms with van der Waals surface area (Å²) >= 11 is 0. The largest absolute Gasteiger partial charge is 0.496 e. The minimum absolute atomic E-state index is 0.0622. The molecule has 7 nitrogen and oxygen atoms in total. The fourth-order valence-corrected chi connectivity index (χ4v) is 3.73. The van der Waals surface area contributed by atoms with Crippen molar-refractivity contribution in [2.45, 2.75) is 24.7 Å². The molecule has 2 aliphatic heterocycles. The van der Waals surface area contributed by atoms with Crippen LogP contribution in [0.4, 0.5) is 0 Å². The molecule has 0 spiro atoms. The van der Waals surface area contributed by atoms with Crippen molar-refractivity contribution >= 4 is 16.8 Å². The standard InChI is InChI=1S/C17H12O7/c1-21-9-5-10-11(6-2-3-22-17(6)23-10)15-12(9)7-4-8(18)14(19)13(7)16(20)24-15/h2-3,5-6,8,17-18H,4H2,1H3/t6-,8-,17+/m0/s1. The quantitative estimate of drug-likeness (QED) is 0.787. The van der Waals surface area contributed by atoms with Gasteiger partial charge in [-0.15, -0.1) is 0 Å². The van der Waals surface area contributed by atoms with Crippen molar-refractivity contribution in [2.75, 3.05) is 7.11 Å². The number of hydrogen-bond acceptors (Lipinski definition) is 7. The average Bonchev–Trinajstić information content (AvgIpc) is 3.20. The van der Waals surface area contributed by atoms with Crippen molar-refractivity contribution in [3.63, 3.8) is 0 Å². The number of aliphatic hydroxyl groups excluding tert-OH is 1. The van der Waals surface area contributed by atoms with Gasteiger partial charge in [-0.2, -0.15) is 0 Å². The Labute approximate surface area is 135 Å². The number of carbonyl (C=O) groups excluding carboxylic acids is 1. The molecule has 7 heteroatoms. The van der Waals surface area contributed by atoms with E-state index in [0.717, 1.165) is 0 Å². The van der Waals surface area contributed by atoms with Gasteiger partial charge in [-0.1, -0.05) is 0 Å². The molecule has 0 unspecified atom stereocenters. The van der Waals surface area contributed by atoms with Gasteiger partial charge in [-0.3, -0.25) is 4.79 Å². The lowest BCUT2D eigenvalue weighted by Gasteiger charge is -2.12. The van der Waals surface area contributed by atoms with Gasteiger partial charge < -0.3 is 23.7 Å². The Hall–Kier alpha value is -2.80. The number of aliphatic hydroxyl groups is 1. The van der Waals surface area contributed by atoms with E-state index in [1.807, 2.05) is 6.08 Å². The number of carbonyl (C=O) groups is 1. The second-order valence-corrected chi connectivity index (χ2v) is 6.00. The van der Waals surface area contributed by atoms with Gasteiger partial charge in [0.05, 0.1) is 30.2 Å². The lowest BCUT2D eigenvalue weighted by molar-refractivity contribution is -0.00485. The molecule has 1 N–H and O–H groups in total. The number of benzene rings is 1. The Balaban J connectivity index is 1.93. The molecule has 3 heterocycles. The van der Waals surface area contributed by atoms with Gasteiger partial charge in [0.25, 0.3) is 6.29 Å². The highest BCUT2D eigenvalue weighted by molar-refractivity contribution is 6.08. The lowest BCUT2D eigenvalue weighted by Crippen LogP contribution is -2.19. The van der Waals surface area contributed by atoms with Crippen LogP contribution in [0.5, 0.6) is 11.5 Å². The molecule has 3 aliphatic rings.